The summed E-state index contributed by atoms with van der Waals surface area (Å²) in [4.78, 5) is 1.40. The number of nitrogens with one attached hydrogen (secondary N) is 1. The molecule has 0 aromatic carbocycles. The molecule has 0 aliphatic heterocycles. The van der Waals surface area contributed by atoms with Crippen LogP contribution in [-0.4, -0.2) is 6.54 Å². The Morgan fingerprint density at radius 3 is 2.71 bits per heavy atom. The van der Waals surface area contributed by atoms with E-state index in [4.69, 9.17) is 0 Å². The minimum Gasteiger partial charge on any atom is -0.311 e. The standard InChI is InChI=1S/C14H24BrNS/c1-4-5-6-7-14(2,3)11-16-9-13-8-12(15)10-17-13/h8,10,16H,4-7,9,11H2,1-3H3. The smallest absolute Gasteiger partial charge is 0.0300 e. The molecule has 0 saturated heterocycles. The Morgan fingerprint density at radius 1 is 1.35 bits per heavy atom. The van der Waals surface area contributed by atoms with Gasteiger partial charge in [-0.3, -0.25) is 0 Å². The van der Waals surface area contributed by atoms with Gasteiger partial charge in [0.15, 0.2) is 0 Å². The molecule has 0 atom stereocenters. The quantitative estimate of drug-likeness (QED) is 0.649. The molecule has 0 unspecified atom stereocenters. The Labute approximate surface area is 118 Å². The van der Waals surface area contributed by atoms with Crippen LogP contribution < -0.4 is 5.32 Å². The molecule has 0 bridgehead atoms. The molecule has 1 nitrogen and oxygen atoms in total. The summed E-state index contributed by atoms with van der Waals surface area (Å²) in [6, 6.07) is 2.20. The van der Waals surface area contributed by atoms with Crippen molar-refractivity contribution < 1.29 is 0 Å². The van der Waals surface area contributed by atoms with Crippen molar-refractivity contribution in [3.63, 3.8) is 0 Å². The largest absolute Gasteiger partial charge is 0.311 e. The van der Waals surface area contributed by atoms with Crippen LogP contribution in [0.5, 0.6) is 0 Å². The average molecular weight is 318 g/mol. The molecule has 0 aliphatic rings. The first-order chi connectivity index (χ1) is 8.03. The number of unbranched alkanes of at least 4 members (excludes halogenated alkanes) is 2. The molecule has 1 rings (SSSR count). The molecule has 0 aliphatic carbocycles. The van der Waals surface area contributed by atoms with Crippen molar-refractivity contribution >= 4 is 27.3 Å². The maximum Gasteiger partial charge on any atom is 0.0300 e. The van der Waals surface area contributed by atoms with Crippen molar-refractivity contribution in [1.29, 1.82) is 0 Å². The van der Waals surface area contributed by atoms with Gasteiger partial charge in [0, 0.05) is 27.8 Å². The Hall–Kier alpha value is 0.140. The minimum absolute atomic E-state index is 0.420. The topological polar surface area (TPSA) is 12.0 Å². The van der Waals surface area contributed by atoms with Crippen LogP contribution >= 0.6 is 27.3 Å². The summed E-state index contributed by atoms with van der Waals surface area (Å²) in [5, 5.41) is 5.71. The second-order valence-corrected chi connectivity index (χ2v) is 7.37. The Kier molecular flexibility index (Phi) is 6.75. The van der Waals surface area contributed by atoms with Crippen molar-refractivity contribution in [3.05, 3.63) is 20.8 Å². The number of thiophene rings is 1. The Balaban J connectivity index is 2.20. The number of hydrogen-bond acceptors (Lipinski definition) is 2. The molecule has 0 fully saturated rings. The van der Waals surface area contributed by atoms with Crippen LogP contribution in [0.1, 0.15) is 51.3 Å². The highest BCUT2D eigenvalue weighted by molar-refractivity contribution is 9.10. The molecule has 3 heteroatoms. The van der Waals surface area contributed by atoms with E-state index in [1.165, 1.54) is 35.0 Å². The van der Waals surface area contributed by atoms with E-state index in [0.29, 0.717) is 5.41 Å². The summed E-state index contributed by atoms with van der Waals surface area (Å²) in [6.07, 6.45) is 5.35. The molecule has 1 heterocycles. The van der Waals surface area contributed by atoms with E-state index in [2.05, 4.69) is 53.5 Å². The lowest BCUT2D eigenvalue weighted by molar-refractivity contribution is 0.302. The van der Waals surface area contributed by atoms with Gasteiger partial charge in [0.1, 0.15) is 0 Å². The lowest BCUT2D eigenvalue weighted by Gasteiger charge is -2.25. The van der Waals surface area contributed by atoms with E-state index >= 15 is 0 Å². The zero-order valence-corrected chi connectivity index (χ0v) is 13.6. The number of halogens is 1. The van der Waals surface area contributed by atoms with Crippen LogP contribution in [0.3, 0.4) is 0 Å². The Bertz CT molecular complexity index is 320. The Morgan fingerprint density at radius 2 is 2.12 bits per heavy atom. The zero-order chi connectivity index (χ0) is 12.7. The third-order valence-corrected chi connectivity index (χ3v) is 4.68. The molecular weight excluding hydrogens is 294 g/mol. The molecule has 0 spiro atoms. The highest BCUT2D eigenvalue weighted by Crippen LogP contribution is 2.23. The second-order valence-electron chi connectivity index (χ2n) is 5.46. The van der Waals surface area contributed by atoms with Gasteiger partial charge in [-0.15, -0.1) is 11.3 Å². The average Bonchev–Trinajstić information content (AvgIpc) is 2.64. The molecule has 0 radical (unpaired) electrons. The van der Waals surface area contributed by atoms with Crippen molar-refractivity contribution in [3.8, 4) is 0 Å². The lowest BCUT2D eigenvalue weighted by Crippen LogP contribution is -2.28. The fourth-order valence-electron chi connectivity index (χ4n) is 1.91. The summed E-state index contributed by atoms with van der Waals surface area (Å²) in [5.41, 5.74) is 0.420. The summed E-state index contributed by atoms with van der Waals surface area (Å²) in [7, 11) is 0. The number of hydrogen-bond donors (Lipinski definition) is 1. The lowest BCUT2D eigenvalue weighted by atomic mass is 9.87. The van der Waals surface area contributed by atoms with Gasteiger partial charge in [-0.1, -0.05) is 40.0 Å². The van der Waals surface area contributed by atoms with E-state index < -0.39 is 0 Å². The monoisotopic (exact) mass is 317 g/mol. The predicted molar refractivity (Wildman–Crippen MR) is 81.6 cm³/mol. The van der Waals surface area contributed by atoms with Gasteiger partial charge >= 0.3 is 0 Å². The van der Waals surface area contributed by atoms with Crippen LogP contribution in [-0.2, 0) is 6.54 Å². The highest BCUT2D eigenvalue weighted by Gasteiger charge is 2.16. The van der Waals surface area contributed by atoms with Gasteiger partial charge in [-0.25, -0.2) is 0 Å². The van der Waals surface area contributed by atoms with E-state index in [9.17, 15) is 0 Å². The molecule has 0 amide bonds. The van der Waals surface area contributed by atoms with Crippen LogP contribution in [0, 0.1) is 5.41 Å². The van der Waals surface area contributed by atoms with Crippen molar-refractivity contribution in [2.24, 2.45) is 5.41 Å². The maximum absolute atomic E-state index is 3.57. The summed E-state index contributed by atoms with van der Waals surface area (Å²) in [6.45, 7) is 9.08. The van der Waals surface area contributed by atoms with Crippen molar-refractivity contribution in [1.82, 2.24) is 5.32 Å². The van der Waals surface area contributed by atoms with Gasteiger partial charge in [-0.05, 0) is 33.8 Å². The molecule has 0 saturated carbocycles. The van der Waals surface area contributed by atoms with Gasteiger partial charge in [-0.2, -0.15) is 0 Å². The zero-order valence-electron chi connectivity index (χ0n) is 11.2. The third kappa shape index (κ3) is 6.58. The fraction of sp³-hybridized carbons (Fsp3) is 0.714. The molecule has 98 valence electrons. The van der Waals surface area contributed by atoms with Crippen LogP contribution in [0.15, 0.2) is 15.9 Å². The molecular formula is C14H24BrNS. The SMILES string of the molecule is CCCCCC(C)(C)CNCc1cc(Br)cs1. The highest BCUT2D eigenvalue weighted by atomic mass is 79.9. The summed E-state index contributed by atoms with van der Waals surface area (Å²) >= 11 is 5.30. The first-order valence-corrected chi connectivity index (χ1v) is 8.14. The normalized spacial score (nSPS) is 12.0. The molecule has 1 N–H and O–H groups in total. The minimum atomic E-state index is 0.420. The predicted octanol–water partition coefficient (Wildman–Crippen LogP) is 5.21. The third-order valence-electron chi connectivity index (χ3n) is 2.98. The van der Waals surface area contributed by atoms with E-state index in [1.807, 2.05) is 11.3 Å². The molecule has 1 aromatic rings. The second kappa shape index (κ2) is 7.55. The molecule has 1 aromatic heterocycles. The van der Waals surface area contributed by atoms with E-state index in [-0.39, 0.29) is 0 Å². The molecule has 17 heavy (non-hydrogen) atoms. The number of rotatable bonds is 8. The summed E-state index contributed by atoms with van der Waals surface area (Å²) < 4.78 is 1.20. The van der Waals surface area contributed by atoms with Crippen LogP contribution in [0.25, 0.3) is 0 Å². The van der Waals surface area contributed by atoms with Gasteiger partial charge < -0.3 is 5.32 Å². The van der Waals surface area contributed by atoms with Gasteiger partial charge in [0.25, 0.3) is 0 Å². The maximum atomic E-state index is 3.57. The van der Waals surface area contributed by atoms with Crippen molar-refractivity contribution in [2.45, 2.75) is 53.0 Å². The first-order valence-electron chi connectivity index (χ1n) is 6.47. The summed E-state index contributed by atoms with van der Waals surface area (Å²) in [5.74, 6) is 0. The van der Waals surface area contributed by atoms with Gasteiger partial charge in [0.05, 0.1) is 0 Å². The van der Waals surface area contributed by atoms with Gasteiger partial charge in [0.2, 0.25) is 0 Å². The first kappa shape index (κ1) is 15.2. The van der Waals surface area contributed by atoms with E-state index in [1.54, 1.807) is 0 Å². The van der Waals surface area contributed by atoms with Crippen LogP contribution in [0.4, 0.5) is 0 Å². The fourth-order valence-corrected chi connectivity index (χ4v) is 3.33. The van der Waals surface area contributed by atoms with Crippen molar-refractivity contribution in [2.75, 3.05) is 6.54 Å². The van der Waals surface area contributed by atoms with Crippen LogP contribution in [0.2, 0.25) is 0 Å². The van der Waals surface area contributed by atoms with E-state index in [0.717, 1.165) is 13.1 Å².